The van der Waals surface area contributed by atoms with E-state index in [9.17, 15) is 4.79 Å². The number of benzene rings is 1. The van der Waals surface area contributed by atoms with E-state index >= 15 is 0 Å². The molecule has 0 saturated carbocycles. The average Bonchev–Trinajstić information content (AvgIpc) is 2.87. The lowest BCUT2D eigenvalue weighted by Crippen LogP contribution is -2.15. The number of ether oxygens (including phenoxy) is 1. The van der Waals surface area contributed by atoms with Crippen molar-refractivity contribution in [3.63, 3.8) is 0 Å². The molecule has 0 radical (unpaired) electrons. The molecule has 0 saturated heterocycles. The lowest BCUT2D eigenvalue weighted by Gasteiger charge is -2.03. The van der Waals surface area contributed by atoms with Crippen LogP contribution < -0.4 is 10.5 Å². The third kappa shape index (κ3) is 1.87. The second kappa shape index (κ2) is 4.65. The number of methoxy groups -OCH3 is 1. The van der Waals surface area contributed by atoms with Gasteiger partial charge in [-0.2, -0.15) is 0 Å². The molecule has 0 aliphatic carbocycles. The van der Waals surface area contributed by atoms with Gasteiger partial charge in [-0.15, -0.1) is 0 Å². The molecule has 2 aromatic heterocycles. The van der Waals surface area contributed by atoms with Gasteiger partial charge in [-0.1, -0.05) is 12.1 Å². The van der Waals surface area contributed by atoms with Crippen molar-refractivity contribution in [2.45, 2.75) is 0 Å². The van der Waals surface area contributed by atoms with Gasteiger partial charge in [0.05, 0.1) is 7.11 Å². The maximum Gasteiger partial charge on any atom is 0.268 e. The number of aromatic nitrogens is 3. The molecule has 3 aromatic rings. The number of hydrogen-bond donors (Lipinski definition) is 1. The molecule has 6 nitrogen and oxygen atoms in total. The molecule has 0 bridgehead atoms. The van der Waals surface area contributed by atoms with Crippen LogP contribution in [0.4, 0.5) is 0 Å². The lowest BCUT2D eigenvalue weighted by molar-refractivity contribution is 0.0995. The highest BCUT2D eigenvalue weighted by molar-refractivity contribution is 5.98. The van der Waals surface area contributed by atoms with Gasteiger partial charge >= 0.3 is 0 Å². The van der Waals surface area contributed by atoms with E-state index in [2.05, 4.69) is 9.97 Å². The Labute approximate surface area is 114 Å². The number of rotatable bonds is 3. The standard InChI is InChI=1S/C14H12N4O2/c1-20-10-5-2-4-9(8-10)11-12(13(15)19)18-7-3-6-16-14(18)17-11/h2-8H,1H3,(H2,15,19). The van der Waals surface area contributed by atoms with Gasteiger partial charge in [-0.05, 0) is 18.2 Å². The Hall–Kier alpha value is -2.89. The Morgan fingerprint density at radius 3 is 2.95 bits per heavy atom. The predicted octanol–water partition coefficient (Wildman–Crippen LogP) is 1.50. The molecule has 0 spiro atoms. The largest absolute Gasteiger partial charge is 0.497 e. The van der Waals surface area contributed by atoms with Crippen LogP contribution >= 0.6 is 0 Å². The lowest BCUT2D eigenvalue weighted by atomic mass is 10.1. The monoisotopic (exact) mass is 268 g/mol. The summed E-state index contributed by atoms with van der Waals surface area (Å²) in [5, 5.41) is 0. The summed E-state index contributed by atoms with van der Waals surface area (Å²) >= 11 is 0. The Bertz CT molecular complexity index is 795. The fourth-order valence-electron chi connectivity index (χ4n) is 2.09. The molecule has 3 rings (SSSR count). The Morgan fingerprint density at radius 1 is 1.35 bits per heavy atom. The summed E-state index contributed by atoms with van der Waals surface area (Å²) in [6.45, 7) is 0. The first-order chi connectivity index (χ1) is 9.70. The highest BCUT2D eigenvalue weighted by Gasteiger charge is 2.19. The molecule has 0 fully saturated rings. The molecule has 0 atom stereocenters. The van der Waals surface area contributed by atoms with Crippen LogP contribution in [-0.4, -0.2) is 27.4 Å². The van der Waals surface area contributed by atoms with Gasteiger partial charge in [0.2, 0.25) is 5.78 Å². The highest BCUT2D eigenvalue weighted by Crippen LogP contribution is 2.26. The van der Waals surface area contributed by atoms with Crippen LogP contribution in [0.25, 0.3) is 17.0 Å². The summed E-state index contributed by atoms with van der Waals surface area (Å²) in [7, 11) is 1.58. The van der Waals surface area contributed by atoms with E-state index in [0.717, 1.165) is 5.56 Å². The van der Waals surface area contributed by atoms with Crippen LogP contribution in [0, 0.1) is 0 Å². The molecular formula is C14H12N4O2. The molecule has 20 heavy (non-hydrogen) atoms. The third-order valence-electron chi connectivity index (χ3n) is 2.98. The van der Waals surface area contributed by atoms with Crippen LogP contribution in [0.2, 0.25) is 0 Å². The molecule has 0 unspecified atom stereocenters. The number of fused-ring (bicyclic) bond motifs is 1. The maximum absolute atomic E-state index is 11.7. The number of carbonyl (C=O) groups excluding carboxylic acids is 1. The van der Waals surface area contributed by atoms with Gasteiger partial charge < -0.3 is 10.5 Å². The fraction of sp³-hybridized carbons (Fsp3) is 0.0714. The summed E-state index contributed by atoms with van der Waals surface area (Å²) in [5.74, 6) is 0.561. The molecule has 1 aromatic carbocycles. The molecule has 100 valence electrons. The second-order valence-electron chi connectivity index (χ2n) is 4.19. The average molecular weight is 268 g/mol. The zero-order valence-corrected chi connectivity index (χ0v) is 10.8. The van der Waals surface area contributed by atoms with Gasteiger partial charge in [-0.3, -0.25) is 9.20 Å². The zero-order valence-electron chi connectivity index (χ0n) is 10.8. The van der Waals surface area contributed by atoms with Gasteiger partial charge in [-0.25, -0.2) is 9.97 Å². The third-order valence-corrected chi connectivity index (χ3v) is 2.98. The van der Waals surface area contributed by atoms with E-state index in [0.29, 0.717) is 22.9 Å². The molecule has 2 N–H and O–H groups in total. The van der Waals surface area contributed by atoms with Crippen molar-refractivity contribution in [2.24, 2.45) is 5.73 Å². The van der Waals surface area contributed by atoms with Crippen molar-refractivity contribution in [1.82, 2.24) is 14.4 Å². The van der Waals surface area contributed by atoms with Crippen molar-refractivity contribution in [3.05, 3.63) is 48.4 Å². The van der Waals surface area contributed by atoms with E-state index in [1.54, 1.807) is 36.0 Å². The zero-order chi connectivity index (χ0) is 14.1. The number of imidazole rings is 1. The Kier molecular flexibility index (Phi) is 2.83. The quantitative estimate of drug-likeness (QED) is 0.780. The van der Waals surface area contributed by atoms with E-state index in [1.165, 1.54) is 0 Å². The van der Waals surface area contributed by atoms with E-state index < -0.39 is 5.91 Å². The molecule has 0 aliphatic heterocycles. The van der Waals surface area contributed by atoms with Crippen LogP contribution in [0.3, 0.4) is 0 Å². The maximum atomic E-state index is 11.7. The summed E-state index contributed by atoms with van der Waals surface area (Å²) in [6, 6.07) is 9.01. The summed E-state index contributed by atoms with van der Waals surface area (Å²) in [6.07, 6.45) is 3.32. The smallest absolute Gasteiger partial charge is 0.268 e. The van der Waals surface area contributed by atoms with Crippen molar-refractivity contribution < 1.29 is 9.53 Å². The van der Waals surface area contributed by atoms with E-state index in [-0.39, 0.29) is 0 Å². The number of primary amides is 1. The topological polar surface area (TPSA) is 82.5 Å². The first-order valence-corrected chi connectivity index (χ1v) is 5.98. The minimum atomic E-state index is -0.552. The van der Waals surface area contributed by atoms with Gasteiger partial charge in [0.1, 0.15) is 17.1 Å². The van der Waals surface area contributed by atoms with Gasteiger partial charge in [0.25, 0.3) is 5.91 Å². The molecule has 0 aliphatic rings. The van der Waals surface area contributed by atoms with Crippen LogP contribution in [-0.2, 0) is 0 Å². The molecule has 6 heteroatoms. The Morgan fingerprint density at radius 2 is 2.20 bits per heavy atom. The minimum Gasteiger partial charge on any atom is -0.497 e. The van der Waals surface area contributed by atoms with E-state index in [4.69, 9.17) is 10.5 Å². The highest BCUT2D eigenvalue weighted by atomic mass is 16.5. The van der Waals surface area contributed by atoms with Crippen molar-refractivity contribution >= 4 is 11.7 Å². The van der Waals surface area contributed by atoms with Gasteiger partial charge in [0, 0.05) is 18.0 Å². The normalized spacial score (nSPS) is 10.7. The number of nitrogens with zero attached hydrogens (tertiary/aromatic N) is 3. The van der Waals surface area contributed by atoms with E-state index in [1.807, 2.05) is 18.2 Å². The summed E-state index contributed by atoms with van der Waals surface area (Å²) in [4.78, 5) is 20.2. The number of amides is 1. The number of nitrogens with two attached hydrogens (primary N) is 1. The summed E-state index contributed by atoms with van der Waals surface area (Å²) in [5.41, 5.74) is 7.03. The first-order valence-electron chi connectivity index (χ1n) is 5.98. The van der Waals surface area contributed by atoms with Crippen molar-refractivity contribution in [3.8, 4) is 17.0 Å². The van der Waals surface area contributed by atoms with Crippen LogP contribution in [0.5, 0.6) is 5.75 Å². The van der Waals surface area contributed by atoms with Crippen LogP contribution in [0.15, 0.2) is 42.7 Å². The molecule has 2 heterocycles. The first kappa shape index (κ1) is 12.2. The Balaban J connectivity index is 2.29. The number of carbonyl (C=O) groups is 1. The molecular weight excluding hydrogens is 256 g/mol. The fourth-order valence-corrected chi connectivity index (χ4v) is 2.09. The summed E-state index contributed by atoms with van der Waals surface area (Å²) < 4.78 is 6.76. The molecule has 1 amide bonds. The second-order valence-corrected chi connectivity index (χ2v) is 4.19. The van der Waals surface area contributed by atoms with Crippen LogP contribution in [0.1, 0.15) is 10.5 Å². The number of hydrogen-bond acceptors (Lipinski definition) is 4. The van der Waals surface area contributed by atoms with Gasteiger partial charge in [0.15, 0.2) is 0 Å². The van der Waals surface area contributed by atoms with Crippen molar-refractivity contribution in [1.29, 1.82) is 0 Å². The SMILES string of the molecule is COc1cccc(-c2nc3ncccn3c2C(N)=O)c1. The predicted molar refractivity (Wildman–Crippen MR) is 73.5 cm³/mol. The van der Waals surface area contributed by atoms with Crippen molar-refractivity contribution in [2.75, 3.05) is 7.11 Å². The minimum absolute atomic E-state index is 0.307.